The summed E-state index contributed by atoms with van der Waals surface area (Å²) in [5, 5.41) is 4.31. The van der Waals surface area contributed by atoms with E-state index in [1.807, 2.05) is 47.4 Å². The molecule has 2 aliphatic heterocycles. The van der Waals surface area contributed by atoms with Gasteiger partial charge in [0.25, 0.3) is 5.91 Å². The summed E-state index contributed by atoms with van der Waals surface area (Å²) in [6.07, 6.45) is 1.75. The van der Waals surface area contributed by atoms with Crippen molar-refractivity contribution in [3.8, 4) is 11.5 Å². The predicted molar refractivity (Wildman–Crippen MR) is 166 cm³/mol. The highest BCUT2D eigenvalue weighted by Crippen LogP contribution is 2.58. The van der Waals surface area contributed by atoms with Gasteiger partial charge in [0.2, 0.25) is 5.91 Å². The maximum Gasteiger partial charge on any atom is 0.258 e. The molecule has 5 rings (SSSR count). The molecular formula is C33H37Cl2N3O4. The number of primary amides is 1. The Balaban J connectivity index is 1.81. The van der Waals surface area contributed by atoms with Gasteiger partial charge in [0.1, 0.15) is 11.5 Å². The Morgan fingerprint density at radius 3 is 2.38 bits per heavy atom. The standard InChI is InChI=1S/C33H37Cl2N3O4/c1-4-33(23-14-16-37-20-23)29(21-10-13-26(34)27(35)18-21)32(31(36)40,22-8-6-5-7-9-22)15-17-38(33)30(39)25-12-11-24(41-2)19-28(25)42-3/h5-13,18-19,23,29,37H,4,14-17,20H2,1-3H3,(H2,36,40). The zero-order valence-electron chi connectivity index (χ0n) is 24.2. The molecule has 0 radical (unpaired) electrons. The number of nitrogens with two attached hydrogens (primary N) is 1. The fourth-order valence-electron chi connectivity index (χ4n) is 7.57. The van der Waals surface area contributed by atoms with Crippen molar-refractivity contribution in [2.45, 2.75) is 43.1 Å². The van der Waals surface area contributed by atoms with Gasteiger partial charge in [-0.15, -0.1) is 0 Å². The number of carbonyl (C=O) groups is 2. The number of ether oxygens (including phenoxy) is 2. The molecule has 222 valence electrons. The number of methoxy groups -OCH3 is 2. The van der Waals surface area contributed by atoms with Crippen LogP contribution in [0, 0.1) is 5.92 Å². The number of benzene rings is 3. The molecule has 2 heterocycles. The van der Waals surface area contributed by atoms with Gasteiger partial charge in [-0.1, -0.05) is 66.5 Å². The number of rotatable bonds is 8. The molecule has 0 aliphatic carbocycles. The number of hydrogen-bond acceptors (Lipinski definition) is 5. The van der Waals surface area contributed by atoms with E-state index >= 15 is 0 Å². The SMILES string of the molecule is CCC1(C2CCNC2)C(c2ccc(Cl)c(Cl)c2)C(C(N)=O)(c2ccccc2)CCN1C(=O)c1ccc(OC)cc1OC. The van der Waals surface area contributed by atoms with Gasteiger partial charge in [-0.25, -0.2) is 0 Å². The topological polar surface area (TPSA) is 93.9 Å². The van der Waals surface area contributed by atoms with Crippen LogP contribution in [0.3, 0.4) is 0 Å². The molecule has 2 amide bonds. The third-order valence-electron chi connectivity index (χ3n) is 9.45. The van der Waals surface area contributed by atoms with Crippen molar-refractivity contribution in [1.29, 1.82) is 0 Å². The van der Waals surface area contributed by atoms with Crippen LogP contribution in [0.2, 0.25) is 10.0 Å². The van der Waals surface area contributed by atoms with Crippen LogP contribution in [0.1, 0.15) is 53.6 Å². The fraction of sp³-hybridized carbons (Fsp3) is 0.394. The number of hydrogen-bond donors (Lipinski definition) is 2. The van der Waals surface area contributed by atoms with Gasteiger partial charge in [0.05, 0.1) is 40.8 Å². The zero-order valence-corrected chi connectivity index (χ0v) is 25.7. The van der Waals surface area contributed by atoms with E-state index in [4.69, 9.17) is 38.4 Å². The van der Waals surface area contributed by atoms with Gasteiger partial charge >= 0.3 is 0 Å². The van der Waals surface area contributed by atoms with E-state index < -0.39 is 22.8 Å². The Kier molecular flexibility index (Phi) is 8.74. The maximum absolute atomic E-state index is 14.7. The minimum Gasteiger partial charge on any atom is -0.497 e. The number of nitrogens with one attached hydrogen (secondary N) is 1. The summed E-state index contributed by atoms with van der Waals surface area (Å²) < 4.78 is 11.1. The van der Waals surface area contributed by atoms with Crippen LogP contribution in [0.15, 0.2) is 66.7 Å². The Bertz CT molecular complexity index is 1460. The molecule has 3 N–H and O–H groups in total. The lowest BCUT2D eigenvalue weighted by Gasteiger charge is -2.61. The summed E-state index contributed by atoms with van der Waals surface area (Å²) in [5.41, 5.74) is 6.61. The quantitative estimate of drug-likeness (QED) is 0.335. The molecule has 2 aliphatic rings. The second kappa shape index (κ2) is 12.2. The van der Waals surface area contributed by atoms with Crippen molar-refractivity contribution in [2.24, 2.45) is 11.7 Å². The molecule has 0 bridgehead atoms. The van der Waals surface area contributed by atoms with Crippen molar-refractivity contribution in [3.63, 3.8) is 0 Å². The van der Waals surface area contributed by atoms with E-state index in [-0.39, 0.29) is 11.8 Å². The van der Waals surface area contributed by atoms with Crippen molar-refractivity contribution in [2.75, 3.05) is 33.9 Å². The van der Waals surface area contributed by atoms with Crippen LogP contribution in [0.4, 0.5) is 0 Å². The lowest BCUT2D eigenvalue weighted by atomic mass is 9.51. The number of nitrogens with zero attached hydrogens (tertiary/aromatic N) is 1. The molecule has 42 heavy (non-hydrogen) atoms. The first-order chi connectivity index (χ1) is 20.2. The van der Waals surface area contributed by atoms with Crippen LogP contribution >= 0.6 is 23.2 Å². The van der Waals surface area contributed by atoms with E-state index in [1.54, 1.807) is 38.5 Å². The molecule has 3 aromatic carbocycles. The van der Waals surface area contributed by atoms with Crippen LogP contribution in [-0.4, -0.2) is 56.1 Å². The molecule has 9 heteroatoms. The smallest absolute Gasteiger partial charge is 0.258 e. The van der Waals surface area contributed by atoms with Crippen molar-refractivity contribution in [1.82, 2.24) is 10.2 Å². The molecule has 2 fully saturated rings. The van der Waals surface area contributed by atoms with Crippen LogP contribution in [-0.2, 0) is 10.2 Å². The third kappa shape index (κ3) is 4.81. The molecule has 0 spiro atoms. The van der Waals surface area contributed by atoms with Gasteiger partial charge in [-0.3, -0.25) is 9.59 Å². The highest BCUT2D eigenvalue weighted by Gasteiger charge is 2.64. The van der Waals surface area contributed by atoms with Gasteiger partial charge < -0.3 is 25.4 Å². The van der Waals surface area contributed by atoms with Gasteiger partial charge in [0, 0.05) is 25.1 Å². The highest BCUT2D eigenvalue weighted by atomic mass is 35.5. The number of amides is 2. The average Bonchev–Trinajstić information content (AvgIpc) is 3.57. The Morgan fingerprint density at radius 1 is 1.02 bits per heavy atom. The Labute approximate surface area is 257 Å². The summed E-state index contributed by atoms with van der Waals surface area (Å²) in [6.45, 7) is 3.92. The molecule has 0 saturated carbocycles. The highest BCUT2D eigenvalue weighted by molar-refractivity contribution is 6.42. The molecule has 4 atom stereocenters. The lowest BCUT2D eigenvalue weighted by molar-refractivity contribution is -0.131. The average molecular weight is 611 g/mol. The number of carbonyl (C=O) groups excluding carboxylic acids is 2. The lowest BCUT2D eigenvalue weighted by Crippen LogP contribution is -2.70. The van der Waals surface area contributed by atoms with Crippen LogP contribution < -0.4 is 20.5 Å². The van der Waals surface area contributed by atoms with Crippen LogP contribution in [0.5, 0.6) is 11.5 Å². The summed E-state index contributed by atoms with van der Waals surface area (Å²) in [4.78, 5) is 30.7. The molecule has 4 unspecified atom stereocenters. The zero-order chi connectivity index (χ0) is 30.1. The summed E-state index contributed by atoms with van der Waals surface area (Å²) in [5.74, 6) is -0.0689. The van der Waals surface area contributed by atoms with E-state index in [2.05, 4.69) is 12.2 Å². The number of likely N-dealkylation sites (tertiary alicyclic amines) is 1. The normalized spacial score (nSPS) is 25.7. The fourth-order valence-corrected chi connectivity index (χ4v) is 7.88. The first-order valence-corrected chi connectivity index (χ1v) is 15.0. The van der Waals surface area contributed by atoms with Gasteiger partial charge in [-0.2, -0.15) is 0 Å². The number of piperidine rings is 1. The Morgan fingerprint density at radius 2 is 1.79 bits per heavy atom. The van der Waals surface area contributed by atoms with Crippen molar-refractivity contribution >= 4 is 35.0 Å². The van der Waals surface area contributed by atoms with E-state index in [1.165, 1.54) is 0 Å². The first-order valence-electron chi connectivity index (χ1n) is 14.3. The minimum atomic E-state index is -1.11. The molecular weight excluding hydrogens is 573 g/mol. The first kappa shape index (κ1) is 30.2. The molecule has 0 aromatic heterocycles. The molecule has 2 saturated heterocycles. The third-order valence-corrected chi connectivity index (χ3v) is 10.2. The summed E-state index contributed by atoms with van der Waals surface area (Å²) in [6, 6.07) is 20.5. The van der Waals surface area contributed by atoms with Gasteiger partial charge in [-0.05, 0) is 67.1 Å². The Hall–Kier alpha value is -3.26. The second-order valence-corrected chi connectivity index (χ2v) is 11.9. The predicted octanol–water partition coefficient (Wildman–Crippen LogP) is 5.82. The molecule has 7 nitrogen and oxygen atoms in total. The van der Waals surface area contributed by atoms with Gasteiger partial charge in [0.15, 0.2) is 0 Å². The largest absolute Gasteiger partial charge is 0.497 e. The summed E-state index contributed by atoms with van der Waals surface area (Å²) >= 11 is 13.0. The second-order valence-electron chi connectivity index (χ2n) is 11.1. The summed E-state index contributed by atoms with van der Waals surface area (Å²) in [7, 11) is 3.12. The van der Waals surface area contributed by atoms with E-state index in [0.717, 1.165) is 24.1 Å². The minimum absolute atomic E-state index is 0.0258. The monoisotopic (exact) mass is 609 g/mol. The number of halogens is 2. The van der Waals surface area contributed by atoms with Crippen molar-refractivity contribution < 1.29 is 19.1 Å². The van der Waals surface area contributed by atoms with E-state index in [0.29, 0.717) is 53.0 Å². The molecule has 3 aromatic rings. The van der Waals surface area contributed by atoms with Crippen molar-refractivity contribution in [3.05, 3.63) is 93.5 Å². The maximum atomic E-state index is 14.7. The van der Waals surface area contributed by atoms with E-state index in [9.17, 15) is 9.59 Å². The van der Waals surface area contributed by atoms with Crippen LogP contribution in [0.25, 0.3) is 0 Å².